The van der Waals surface area contributed by atoms with Crippen molar-refractivity contribution in [2.45, 2.75) is 57.8 Å². The summed E-state index contributed by atoms with van der Waals surface area (Å²) in [6, 6.07) is 3.64. The van der Waals surface area contributed by atoms with Crippen molar-refractivity contribution in [3.8, 4) is 0 Å². The minimum absolute atomic E-state index is 0.141. The van der Waals surface area contributed by atoms with Crippen molar-refractivity contribution < 1.29 is 8.42 Å². The molecule has 0 aromatic carbocycles. The van der Waals surface area contributed by atoms with Gasteiger partial charge in [0.1, 0.15) is 10.7 Å². The zero-order valence-corrected chi connectivity index (χ0v) is 21.7. The molecule has 0 saturated carbocycles. The number of pyridine rings is 1. The molecule has 0 radical (unpaired) electrons. The van der Waals surface area contributed by atoms with Gasteiger partial charge in [-0.3, -0.25) is 0 Å². The summed E-state index contributed by atoms with van der Waals surface area (Å²) < 4.78 is 28.6. The summed E-state index contributed by atoms with van der Waals surface area (Å²) in [4.78, 5) is 9.68. The van der Waals surface area contributed by atoms with Crippen LogP contribution in [0.5, 0.6) is 0 Å². The van der Waals surface area contributed by atoms with Crippen LogP contribution in [-0.4, -0.2) is 79.9 Å². The Labute approximate surface area is 199 Å². The van der Waals surface area contributed by atoms with Crippen LogP contribution in [0.15, 0.2) is 23.2 Å². The fourth-order valence-electron chi connectivity index (χ4n) is 5.17. The summed E-state index contributed by atoms with van der Waals surface area (Å²) in [6.45, 7) is 13.5. The Balaban J connectivity index is 1.38. The first-order valence-corrected chi connectivity index (χ1v) is 14.8. The highest BCUT2D eigenvalue weighted by atomic mass is 32.2. The molecule has 1 spiro atoms. The smallest absolute Gasteiger partial charge is 0.244 e. The van der Waals surface area contributed by atoms with Crippen molar-refractivity contribution in [3.63, 3.8) is 0 Å². The van der Waals surface area contributed by atoms with Crippen LogP contribution < -0.4 is 4.90 Å². The second-order valence-electron chi connectivity index (χ2n) is 11.0. The maximum atomic E-state index is 13.4. The second kappa shape index (κ2) is 9.80. The number of rotatable bonds is 5. The molecular weight excluding hydrogens is 440 g/mol. The van der Waals surface area contributed by atoms with E-state index in [9.17, 15) is 8.42 Å². The number of hydrogen-bond acceptors (Lipinski definition) is 6. The minimum atomic E-state index is -3.49. The summed E-state index contributed by atoms with van der Waals surface area (Å²) >= 11 is 1.96. The van der Waals surface area contributed by atoms with E-state index < -0.39 is 10.0 Å². The van der Waals surface area contributed by atoms with Crippen molar-refractivity contribution in [3.05, 3.63) is 18.3 Å². The molecule has 0 amide bonds. The zero-order chi connectivity index (χ0) is 22.8. The Morgan fingerprint density at radius 1 is 1.03 bits per heavy atom. The quantitative estimate of drug-likeness (QED) is 0.636. The minimum Gasteiger partial charge on any atom is -0.355 e. The van der Waals surface area contributed by atoms with Gasteiger partial charge in [0.25, 0.3) is 0 Å². The summed E-state index contributed by atoms with van der Waals surface area (Å²) in [7, 11) is -3.49. The van der Waals surface area contributed by atoms with E-state index in [4.69, 9.17) is 0 Å². The molecule has 0 atom stereocenters. The van der Waals surface area contributed by atoms with E-state index in [-0.39, 0.29) is 5.41 Å². The lowest BCUT2D eigenvalue weighted by Gasteiger charge is -2.47. The number of nitrogens with zero attached hydrogens (tertiary/aromatic N) is 4. The fourth-order valence-corrected chi connectivity index (χ4v) is 7.61. The monoisotopic (exact) mass is 480 g/mol. The molecule has 0 N–H and O–H groups in total. The molecule has 3 aliphatic rings. The van der Waals surface area contributed by atoms with E-state index in [2.05, 4.69) is 35.6 Å². The van der Waals surface area contributed by atoms with Crippen molar-refractivity contribution in [1.29, 1.82) is 0 Å². The van der Waals surface area contributed by atoms with Crippen LogP contribution >= 0.6 is 11.8 Å². The zero-order valence-electron chi connectivity index (χ0n) is 20.1. The molecule has 3 aliphatic heterocycles. The average Bonchev–Trinajstić information content (AvgIpc) is 2.79. The van der Waals surface area contributed by atoms with Crippen LogP contribution in [0.4, 0.5) is 5.82 Å². The lowest BCUT2D eigenvalue weighted by atomic mass is 9.73. The van der Waals surface area contributed by atoms with Gasteiger partial charge in [-0.15, -0.1) is 0 Å². The Hall–Kier alpha value is -0.830. The molecule has 4 rings (SSSR count). The van der Waals surface area contributed by atoms with Gasteiger partial charge in [0.2, 0.25) is 10.0 Å². The molecule has 180 valence electrons. The fraction of sp³-hybridized carbons (Fsp3) is 0.792. The van der Waals surface area contributed by atoms with Crippen molar-refractivity contribution in [1.82, 2.24) is 14.2 Å². The van der Waals surface area contributed by atoms with E-state index in [1.165, 1.54) is 6.42 Å². The lowest BCUT2D eigenvalue weighted by Crippen LogP contribution is -2.51. The number of sulfonamides is 1. The number of anilines is 1. The highest BCUT2D eigenvalue weighted by molar-refractivity contribution is 7.99. The van der Waals surface area contributed by atoms with E-state index in [1.807, 2.05) is 17.8 Å². The predicted molar refractivity (Wildman–Crippen MR) is 134 cm³/mol. The van der Waals surface area contributed by atoms with E-state index >= 15 is 0 Å². The predicted octanol–water partition coefficient (Wildman–Crippen LogP) is 3.94. The normalized spacial score (nSPS) is 23.5. The molecule has 0 aliphatic carbocycles. The van der Waals surface area contributed by atoms with Gasteiger partial charge in [-0.05, 0) is 74.7 Å². The second-order valence-corrected chi connectivity index (χ2v) is 14.2. The molecule has 3 saturated heterocycles. The highest BCUT2D eigenvalue weighted by Gasteiger charge is 2.42. The highest BCUT2D eigenvalue weighted by Crippen LogP contribution is 2.41. The molecule has 8 heteroatoms. The molecular formula is C24H40N4O2S2. The number of thioether (sulfide) groups is 1. The molecule has 6 nitrogen and oxygen atoms in total. The summed E-state index contributed by atoms with van der Waals surface area (Å²) in [5.74, 6) is 3.10. The first-order valence-electron chi connectivity index (χ1n) is 12.2. The van der Waals surface area contributed by atoms with Gasteiger partial charge in [-0.1, -0.05) is 20.8 Å². The maximum Gasteiger partial charge on any atom is 0.244 e. The third-order valence-corrected chi connectivity index (χ3v) is 10.2. The van der Waals surface area contributed by atoms with Gasteiger partial charge in [-0.25, -0.2) is 13.4 Å². The van der Waals surface area contributed by atoms with Crippen LogP contribution in [-0.2, 0) is 10.0 Å². The maximum absolute atomic E-state index is 13.4. The molecule has 4 heterocycles. The summed E-state index contributed by atoms with van der Waals surface area (Å²) in [5.41, 5.74) is 0.504. The van der Waals surface area contributed by atoms with Crippen LogP contribution in [0.1, 0.15) is 52.9 Å². The lowest BCUT2D eigenvalue weighted by molar-refractivity contribution is 0.0485. The van der Waals surface area contributed by atoms with Gasteiger partial charge in [0.05, 0.1) is 0 Å². The Bertz CT molecular complexity index is 853. The summed E-state index contributed by atoms with van der Waals surface area (Å²) in [5, 5.41) is 0. The van der Waals surface area contributed by atoms with Gasteiger partial charge in [0.15, 0.2) is 0 Å². The Morgan fingerprint density at radius 3 is 2.38 bits per heavy atom. The first kappa shape index (κ1) is 24.3. The molecule has 32 heavy (non-hydrogen) atoms. The van der Waals surface area contributed by atoms with Crippen molar-refractivity contribution in [2.75, 3.05) is 62.2 Å². The van der Waals surface area contributed by atoms with Crippen LogP contribution in [0.3, 0.4) is 0 Å². The number of hydrogen-bond donors (Lipinski definition) is 0. The third kappa shape index (κ3) is 5.80. The van der Waals surface area contributed by atoms with Gasteiger partial charge < -0.3 is 9.80 Å². The topological polar surface area (TPSA) is 56.8 Å². The van der Waals surface area contributed by atoms with Crippen LogP contribution in [0.25, 0.3) is 0 Å². The standard InChI is InChI=1S/C24H40N4O2S2/c1-23(2,3)8-12-26-13-9-24(10-14-26)7-4-11-28(20-24)32(29,30)21-5-6-22(25-19-21)27-15-17-31-18-16-27/h5-6,19H,4,7-18,20H2,1-3H3. The third-order valence-electron chi connectivity index (χ3n) is 7.41. The van der Waals surface area contributed by atoms with Crippen molar-refractivity contribution >= 4 is 27.6 Å². The average molecular weight is 481 g/mol. The van der Waals surface area contributed by atoms with Gasteiger partial charge in [-0.2, -0.15) is 16.1 Å². The molecule has 0 bridgehead atoms. The van der Waals surface area contributed by atoms with Crippen LogP contribution in [0.2, 0.25) is 0 Å². The van der Waals surface area contributed by atoms with E-state index in [1.54, 1.807) is 16.6 Å². The molecule has 0 unspecified atom stereocenters. The number of piperidine rings is 2. The Kier molecular flexibility index (Phi) is 7.45. The van der Waals surface area contributed by atoms with Crippen molar-refractivity contribution in [2.24, 2.45) is 10.8 Å². The SMILES string of the molecule is CC(C)(C)CCN1CCC2(CCCN(S(=O)(=O)c3ccc(N4CCSCC4)nc3)C2)CC1. The molecule has 1 aromatic rings. The van der Waals surface area contributed by atoms with Crippen LogP contribution in [0, 0.1) is 10.8 Å². The molecule has 3 fully saturated rings. The Morgan fingerprint density at radius 2 is 1.75 bits per heavy atom. The largest absolute Gasteiger partial charge is 0.355 e. The van der Waals surface area contributed by atoms with E-state index in [0.717, 1.165) is 75.7 Å². The first-order chi connectivity index (χ1) is 15.2. The summed E-state index contributed by atoms with van der Waals surface area (Å²) in [6.07, 6.45) is 7.09. The molecule has 1 aromatic heterocycles. The number of aromatic nitrogens is 1. The van der Waals surface area contributed by atoms with Gasteiger partial charge >= 0.3 is 0 Å². The van der Waals surface area contributed by atoms with Gasteiger partial charge in [0, 0.05) is 43.9 Å². The number of likely N-dealkylation sites (tertiary alicyclic amines) is 1. The van der Waals surface area contributed by atoms with E-state index in [0.29, 0.717) is 23.4 Å².